The second kappa shape index (κ2) is 1.60. The molecule has 1 heteroatoms. The molecule has 0 saturated heterocycles. The molecule has 10 heavy (non-hydrogen) atoms. The van der Waals surface area contributed by atoms with Crippen LogP contribution in [0.25, 0.3) is 0 Å². The zero-order valence-electron chi connectivity index (χ0n) is 6.00. The first kappa shape index (κ1) is 5.90. The Kier molecular flexibility index (Phi) is 0.942. The van der Waals surface area contributed by atoms with Crippen LogP contribution in [0.5, 0.6) is 0 Å². The molecule has 1 fully saturated rings. The topological polar surface area (TPSA) is 17.1 Å². The third-order valence-corrected chi connectivity index (χ3v) is 2.46. The van der Waals surface area contributed by atoms with E-state index in [0.717, 1.165) is 6.42 Å². The zero-order valence-corrected chi connectivity index (χ0v) is 6.00. The normalized spacial score (nSPS) is 31.5. The molecule has 1 saturated carbocycles. The predicted octanol–water partition coefficient (Wildman–Crippen LogP) is 1.71. The Labute approximate surface area is 60.4 Å². The maximum absolute atomic E-state index is 10.9. The van der Waals surface area contributed by atoms with Crippen molar-refractivity contribution in [2.75, 3.05) is 0 Å². The van der Waals surface area contributed by atoms with Gasteiger partial charge < -0.3 is 0 Å². The van der Waals surface area contributed by atoms with Gasteiger partial charge in [-0.3, -0.25) is 4.79 Å². The molecule has 0 aromatic heterocycles. The highest BCUT2D eigenvalue weighted by molar-refractivity contribution is 5.83. The summed E-state index contributed by atoms with van der Waals surface area (Å²) in [6.45, 7) is 1.68. The van der Waals surface area contributed by atoms with E-state index in [0.29, 0.717) is 11.7 Å². The van der Waals surface area contributed by atoms with Gasteiger partial charge in [0.25, 0.3) is 0 Å². The van der Waals surface area contributed by atoms with E-state index in [1.54, 1.807) is 6.92 Å². The molecule has 0 aliphatic heterocycles. The van der Waals surface area contributed by atoms with Gasteiger partial charge >= 0.3 is 0 Å². The fraction of sp³-hybridized carbons (Fsp3) is 0.444. The van der Waals surface area contributed by atoms with Gasteiger partial charge in [0.15, 0.2) is 0 Å². The smallest absolute Gasteiger partial charge is 0.134 e. The molecule has 2 rings (SSSR count). The van der Waals surface area contributed by atoms with E-state index >= 15 is 0 Å². The Morgan fingerprint density at radius 3 is 2.50 bits per heavy atom. The van der Waals surface area contributed by atoms with Crippen molar-refractivity contribution >= 4 is 5.78 Å². The Morgan fingerprint density at radius 2 is 2.10 bits per heavy atom. The molecule has 0 aromatic carbocycles. The summed E-state index contributed by atoms with van der Waals surface area (Å²) in [7, 11) is 0. The average molecular weight is 134 g/mol. The molecule has 1 atom stereocenters. The average Bonchev–Trinajstić information content (AvgIpc) is 2.32. The minimum atomic E-state index is 0.172. The summed E-state index contributed by atoms with van der Waals surface area (Å²) in [5, 5.41) is 0. The first-order valence-electron chi connectivity index (χ1n) is 3.62. The van der Waals surface area contributed by atoms with E-state index in [1.165, 1.54) is 0 Å². The highest BCUT2D eigenvalue weighted by Gasteiger charge is 2.53. The summed E-state index contributed by atoms with van der Waals surface area (Å²) in [4.78, 5) is 10.9. The summed E-state index contributed by atoms with van der Waals surface area (Å²) < 4.78 is 0. The summed E-state index contributed by atoms with van der Waals surface area (Å²) in [5.74, 6) is 0.624. The first-order chi connectivity index (χ1) is 4.75. The number of allylic oxidation sites excluding steroid dienone is 4. The number of hydrogen-bond donors (Lipinski definition) is 0. The zero-order chi connectivity index (χ0) is 7.19. The lowest BCUT2D eigenvalue weighted by Crippen LogP contribution is -2.00. The molecule has 0 aromatic rings. The maximum atomic E-state index is 10.9. The third kappa shape index (κ3) is 0.605. The van der Waals surface area contributed by atoms with Gasteiger partial charge in [0, 0.05) is 11.3 Å². The van der Waals surface area contributed by atoms with Crippen LogP contribution in [-0.2, 0) is 4.79 Å². The van der Waals surface area contributed by atoms with Gasteiger partial charge in [-0.05, 0) is 13.3 Å². The van der Waals surface area contributed by atoms with Crippen molar-refractivity contribution in [2.45, 2.75) is 13.3 Å². The minimum absolute atomic E-state index is 0.172. The Hall–Kier alpha value is -0.850. The van der Waals surface area contributed by atoms with Gasteiger partial charge in [0.2, 0.25) is 0 Å². The van der Waals surface area contributed by atoms with Gasteiger partial charge in [-0.2, -0.15) is 0 Å². The van der Waals surface area contributed by atoms with Crippen LogP contribution in [0, 0.1) is 11.3 Å². The van der Waals surface area contributed by atoms with Crippen molar-refractivity contribution in [1.82, 2.24) is 0 Å². The minimum Gasteiger partial charge on any atom is -0.300 e. The Balaban J connectivity index is 2.19. The van der Waals surface area contributed by atoms with E-state index in [-0.39, 0.29) is 5.41 Å². The molecular weight excluding hydrogens is 124 g/mol. The van der Waals surface area contributed by atoms with E-state index in [4.69, 9.17) is 0 Å². The molecule has 1 unspecified atom stereocenters. The van der Waals surface area contributed by atoms with E-state index < -0.39 is 0 Å². The van der Waals surface area contributed by atoms with E-state index in [2.05, 4.69) is 12.2 Å². The van der Waals surface area contributed by atoms with Gasteiger partial charge in [-0.15, -0.1) is 0 Å². The first-order valence-corrected chi connectivity index (χ1v) is 3.62. The third-order valence-electron chi connectivity index (χ3n) is 2.46. The van der Waals surface area contributed by atoms with Crippen LogP contribution in [0.3, 0.4) is 0 Å². The Morgan fingerprint density at radius 1 is 1.50 bits per heavy atom. The highest BCUT2D eigenvalue weighted by Crippen LogP contribution is 2.57. The standard InChI is InChI=1S/C9H10O/c1-7(10)8-6-9(8)4-2-3-5-9/h2-5,8H,6H2,1H3. The lowest BCUT2D eigenvalue weighted by Gasteiger charge is -1.98. The van der Waals surface area contributed by atoms with Crippen LogP contribution >= 0.6 is 0 Å². The van der Waals surface area contributed by atoms with Crippen molar-refractivity contribution in [3.63, 3.8) is 0 Å². The number of ketones is 1. The lowest BCUT2D eigenvalue weighted by molar-refractivity contribution is -0.118. The van der Waals surface area contributed by atoms with Crippen molar-refractivity contribution in [2.24, 2.45) is 11.3 Å². The molecule has 0 radical (unpaired) electrons. The largest absolute Gasteiger partial charge is 0.300 e. The molecule has 52 valence electrons. The summed E-state index contributed by atoms with van der Waals surface area (Å²) in [5.41, 5.74) is 0.172. The molecule has 0 amide bonds. The highest BCUT2D eigenvalue weighted by atomic mass is 16.1. The quantitative estimate of drug-likeness (QED) is 0.533. The number of Topliss-reactive ketones (excluding diaryl/α,β-unsaturated/α-hetero) is 1. The SMILES string of the molecule is CC(=O)C1CC12C=CC=C2. The van der Waals surface area contributed by atoms with Gasteiger partial charge in [-0.1, -0.05) is 24.3 Å². The van der Waals surface area contributed by atoms with Gasteiger partial charge in [-0.25, -0.2) is 0 Å². The van der Waals surface area contributed by atoms with E-state index in [9.17, 15) is 4.79 Å². The van der Waals surface area contributed by atoms with Crippen molar-refractivity contribution < 1.29 is 4.79 Å². The van der Waals surface area contributed by atoms with Gasteiger partial charge in [0.1, 0.15) is 5.78 Å². The molecular formula is C9H10O. The van der Waals surface area contributed by atoms with Crippen LogP contribution in [-0.4, -0.2) is 5.78 Å². The fourth-order valence-corrected chi connectivity index (χ4v) is 1.71. The second-order valence-electron chi connectivity index (χ2n) is 3.20. The molecule has 2 aliphatic carbocycles. The maximum Gasteiger partial charge on any atom is 0.134 e. The molecule has 2 aliphatic rings. The van der Waals surface area contributed by atoms with Crippen molar-refractivity contribution in [3.05, 3.63) is 24.3 Å². The molecule has 0 heterocycles. The molecule has 0 N–H and O–H groups in total. The van der Waals surface area contributed by atoms with Crippen LogP contribution in [0.1, 0.15) is 13.3 Å². The molecule has 0 bridgehead atoms. The summed E-state index contributed by atoms with van der Waals surface area (Å²) in [6.07, 6.45) is 9.37. The molecule has 1 nitrogen and oxygen atoms in total. The fourth-order valence-electron chi connectivity index (χ4n) is 1.71. The van der Waals surface area contributed by atoms with Crippen LogP contribution in [0.15, 0.2) is 24.3 Å². The Bertz CT molecular complexity index is 223. The predicted molar refractivity (Wildman–Crippen MR) is 39.5 cm³/mol. The van der Waals surface area contributed by atoms with Crippen molar-refractivity contribution in [1.29, 1.82) is 0 Å². The van der Waals surface area contributed by atoms with E-state index in [1.807, 2.05) is 12.2 Å². The van der Waals surface area contributed by atoms with Crippen LogP contribution in [0.2, 0.25) is 0 Å². The summed E-state index contributed by atoms with van der Waals surface area (Å²) in [6, 6.07) is 0. The van der Waals surface area contributed by atoms with Crippen molar-refractivity contribution in [3.8, 4) is 0 Å². The van der Waals surface area contributed by atoms with Gasteiger partial charge in [0.05, 0.1) is 0 Å². The monoisotopic (exact) mass is 134 g/mol. The number of hydrogen-bond acceptors (Lipinski definition) is 1. The second-order valence-corrected chi connectivity index (χ2v) is 3.20. The van der Waals surface area contributed by atoms with Crippen LogP contribution < -0.4 is 0 Å². The number of carbonyl (C=O) groups excluding carboxylic acids is 1. The number of carbonyl (C=O) groups is 1. The van der Waals surface area contributed by atoms with Crippen LogP contribution in [0.4, 0.5) is 0 Å². The number of rotatable bonds is 1. The lowest BCUT2D eigenvalue weighted by atomic mass is 10.1. The summed E-state index contributed by atoms with van der Waals surface area (Å²) >= 11 is 0. The molecule has 1 spiro atoms.